The van der Waals surface area contributed by atoms with Gasteiger partial charge in [0.1, 0.15) is 0 Å². The average molecular weight is 168 g/mol. The highest BCUT2D eigenvalue weighted by Gasteiger charge is 2.18. The molecule has 3 heteroatoms. The minimum absolute atomic E-state index is 0. The van der Waals surface area contributed by atoms with Crippen molar-refractivity contribution in [1.82, 2.24) is 0 Å². The molecule has 0 spiro atoms. The van der Waals surface area contributed by atoms with Gasteiger partial charge >= 0.3 is 0 Å². The second-order valence-corrected chi connectivity index (χ2v) is 2.95. The summed E-state index contributed by atoms with van der Waals surface area (Å²) in [5.74, 6) is 0.272. The second kappa shape index (κ2) is 4.91. The zero-order chi connectivity index (χ0) is 6.69. The summed E-state index contributed by atoms with van der Waals surface area (Å²) < 4.78 is 12.0. The van der Waals surface area contributed by atoms with E-state index in [2.05, 4.69) is 0 Å². The first-order valence-corrected chi connectivity index (χ1v) is 3.64. The quantitative estimate of drug-likeness (QED) is 0.635. The Morgan fingerprint density at radius 3 is 2.50 bits per heavy atom. The van der Waals surface area contributed by atoms with Crippen molar-refractivity contribution in [3.05, 3.63) is 0 Å². The van der Waals surface area contributed by atoms with Crippen LogP contribution < -0.4 is 5.73 Å². The van der Waals surface area contributed by atoms with Crippen molar-refractivity contribution in [2.75, 3.05) is 6.67 Å². The molecule has 1 fully saturated rings. The van der Waals surface area contributed by atoms with Crippen LogP contribution in [0.15, 0.2) is 0 Å². The largest absolute Gasteiger partial charge is 0.328 e. The van der Waals surface area contributed by atoms with Crippen LogP contribution in [0.4, 0.5) is 4.39 Å². The summed E-state index contributed by atoms with van der Waals surface area (Å²) >= 11 is 0. The van der Waals surface area contributed by atoms with Crippen LogP contribution in [0.3, 0.4) is 0 Å². The molecule has 0 heterocycles. The molecule has 1 rings (SSSR count). The summed E-state index contributed by atoms with van der Waals surface area (Å²) in [6, 6.07) is 0.277. The Kier molecular flexibility index (Phi) is 5.00. The van der Waals surface area contributed by atoms with Gasteiger partial charge in [-0.05, 0) is 25.2 Å². The van der Waals surface area contributed by atoms with E-state index in [1.807, 2.05) is 0 Å². The Morgan fingerprint density at radius 1 is 1.40 bits per heavy atom. The second-order valence-electron chi connectivity index (χ2n) is 2.95. The third-order valence-electron chi connectivity index (χ3n) is 2.04. The lowest BCUT2D eigenvalue weighted by molar-refractivity contribution is 0.260. The van der Waals surface area contributed by atoms with Gasteiger partial charge in [0, 0.05) is 6.04 Å². The van der Waals surface area contributed by atoms with E-state index in [1.54, 1.807) is 0 Å². The number of nitrogens with two attached hydrogens (primary N) is 1. The van der Waals surface area contributed by atoms with Gasteiger partial charge in [0.15, 0.2) is 0 Å². The van der Waals surface area contributed by atoms with Crippen molar-refractivity contribution in [1.29, 1.82) is 0 Å². The molecule has 1 saturated carbocycles. The van der Waals surface area contributed by atoms with E-state index in [1.165, 1.54) is 0 Å². The maximum Gasteiger partial charge on any atom is 0.0923 e. The smallest absolute Gasteiger partial charge is 0.0923 e. The molecule has 0 aromatic carbocycles. The molecule has 0 bridgehead atoms. The fraction of sp³-hybridized carbons (Fsp3) is 1.00. The molecule has 1 nitrogen and oxygen atoms in total. The van der Waals surface area contributed by atoms with Crippen LogP contribution in [0.2, 0.25) is 0 Å². The summed E-state index contributed by atoms with van der Waals surface area (Å²) in [6.45, 7) is -0.173. The lowest BCUT2D eigenvalue weighted by Crippen LogP contribution is -2.28. The molecular weight excluding hydrogens is 153 g/mol. The SMILES string of the molecule is Cl.N[C@@H]1CCC[C@H](CF)C1. The molecule has 10 heavy (non-hydrogen) atoms. The van der Waals surface area contributed by atoms with Crippen molar-refractivity contribution in [3.63, 3.8) is 0 Å². The summed E-state index contributed by atoms with van der Waals surface area (Å²) in [5, 5.41) is 0. The van der Waals surface area contributed by atoms with E-state index < -0.39 is 0 Å². The molecule has 0 saturated heterocycles. The highest BCUT2D eigenvalue weighted by Crippen LogP contribution is 2.22. The highest BCUT2D eigenvalue weighted by atomic mass is 35.5. The van der Waals surface area contributed by atoms with E-state index in [9.17, 15) is 4.39 Å². The third kappa shape index (κ3) is 2.84. The van der Waals surface area contributed by atoms with Crippen LogP contribution in [0.1, 0.15) is 25.7 Å². The van der Waals surface area contributed by atoms with Crippen molar-refractivity contribution < 1.29 is 4.39 Å². The van der Waals surface area contributed by atoms with Crippen LogP contribution in [0, 0.1) is 5.92 Å². The third-order valence-corrected chi connectivity index (χ3v) is 2.04. The Bertz CT molecular complexity index is 89.7. The lowest BCUT2D eigenvalue weighted by atomic mass is 9.87. The first-order valence-electron chi connectivity index (χ1n) is 3.64. The molecule has 0 aromatic rings. The molecule has 1 aliphatic rings. The number of alkyl halides is 1. The standard InChI is InChI=1S/C7H14FN.ClH/c8-5-6-2-1-3-7(9)4-6;/h6-7H,1-5,9H2;1H/t6-,7+;/m0./s1. The molecule has 62 valence electrons. The maximum atomic E-state index is 12.0. The Morgan fingerprint density at radius 2 is 2.10 bits per heavy atom. The van der Waals surface area contributed by atoms with Crippen LogP contribution >= 0.6 is 12.4 Å². The summed E-state index contributed by atoms with van der Waals surface area (Å²) in [6.07, 6.45) is 4.16. The fourth-order valence-electron chi connectivity index (χ4n) is 1.47. The van der Waals surface area contributed by atoms with Gasteiger partial charge < -0.3 is 5.73 Å². The lowest BCUT2D eigenvalue weighted by Gasteiger charge is -2.23. The first kappa shape index (κ1) is 10.2. The number of rotatable bonds is 1. The van der Waals surface area contributed by atoms with Crippen molar-refractivity contribution in [2.45, 2.75) is 31.7 Å². The van der Waals surface area contributed by atoms with Gasteiger partial charge in [-0.15, -0.1) is 12.4 Å². The van der Waals surface area contributed by atoms with E-state index in [4.69, 9.17) is 5.73 Å². The molecule has 1 aliphatic carbocycles. The van der Waals surface area contributed by atoms with Crippen molar-refractivity contribution in [3.8, 4) is 0 Å². The summed E-state index contributed by atoms with van der Waals surface area (Å²) in [7, 11) is 0. The summed E-state index contributed by atoms with van der Waals surface area (Å²) in [5.41, 5.74) is 5.63. The van der Waals surface area contributed by atoms with Crippen molar-refractivity contribution >= 4 is 12.4 Å². The number of hydrogen-bond acceptors (Lipinski definition) is 1. The molecule has 2 N–H and O–H groups in total. The number of halogens is 2. The number of hydrogen-bond donors (Lipinski definition) is 1. The van der Waals surface area contributed by atoms with E-state index in [-0.39, 0.29) is 31.0 Å². The zero-order valence-electron chi connectivity index (χ0n) is 6.05. The molecule has 2 atom stereocenters. The average Bonchev–Trinajstić information content (AvgIpc) is 1.88. The summed E-state index contributed by atoms with van der Waals surface area (Å²) in [4.78, 5) is 0. The molecule has 0 amide bonds. The molecule has 0 unspecified atom stereocenters. The Hall–Kier alpha value is 0.180. The zero-order valence-corrected chi connectivity index (χ0v) is 6.87. The van der Waals surface area contributed by atoms with Crippen LogP contribution in [-0.2, 0) is 0 Å². The van der Waals surface area contributed by atoms with Gasteiger partial charge in [-0.25, -0.2) is 0 Å². The van der Waals surface area contributed by atoms with Gasteiger partial charge in [0.25, 0.3) is 0 Å². The fourth-order valence-corrected chi connectivity index (χ4v) is 1.47. The normalized spacial score (nSPS) is 33.0. The van der Waals surface area contributed by atoms with Crippen molar-refractivity contribution in [2.24, 2.45) is 11.7 Å². The maximum absolute atomic E-state index is 12.0. The van der Waals surface area contributed by atoms with Crippen LogP contribution in [0.25, 0.3) is 0 Å². The van der Waals surface area contributed by atoms with Crippen LogP contribution in [-0.4, -0.2) is 12.7 Å². The molecular formula is C7H15ClFN. The highest BCUT2D eigenvalue weighted by molar-refractivity contribution is 5.85. The molecule has 0 radical (unpaired) electrons. The van der Waals surface area contributed by atoms with Gasteiger partial charge in [-0.2, -0.15) is 0 Å². The Labute approximate surface area is 67.6 Å². The van der Waals surface area contributed by atoms with Gasteiger partial charge in [-0.1, -0.05) is 6.42 Å². The van der Waals surface area contributed by atoms with Gasteiger partial charge in [0.05, 0.1) is 6.67 Å². The van der Waals surface area contributed by atoms with E-state index in [0.717, 1.165) is 25.7 Å². The minimum atomic E-state index is -0.173. The first-order chi connectivity index (χ1) is 4.33. The minimum Gasteiger partial charge on any atom is -0.328 e. The predicted molar refractivity (Wildman–Crippen MR) is 43.2 cm³/mol. The predicted octanol–water partition coefficient (Wildman–Crippen LogP) is 1.90. The van der Waals surface area contributed by atoms with E-state index >= 15 is 0 Å². The van der Waals surface area contributed by atoms with Gasteiger partial charge in [-0.3, -0.25) is 4.39 Å². The van der Waals surface area contributed by atoms with E-state index in [0.29, 0.717) is 0 Å². The molecule has 0 aliphatic heterocycles. The Balaban J connectivity index is 0.000000810. The molecule has 0 aromatic heterocycles. The van der Waals surface area contributed by atoms with Gasteiger partial charge in [0.2, 0.25) is 0 Å². The van der Waals surface area contributed by atoms with Crippen LogP contribution in [0.5, 0.6) is 0 Å². The topological polar surface area (TPSA) is 26.0 Å². The monoisotopic (exact) mass is 167 g/mol.